The van der Waals surface area contributed by atoms with Crippen molar-refractivity contribution in [2.75, 3.05) is 13.7 Å². The van der Waals surface area contributed by atoms with E-state index in [4.69, 9.17) is 9.47 Å². The van der Waals surface area contributed by atoms with Crippen LogP contribution >= 0.6 is 0 Å². The molecule has 1 atom stereocenters. The Bertz CT molecular complexity index is 906. The first kappa shape index (κ1) is 21.6. The Morgan fingerprint density at radius 3 is 2.65 bits per heavy atom. The van der Waals surface area contributed by atoms with Gasteiger partial charge in [-0.15, -0.1) is 0 Å². The number of carbonyl (C=O) groups is 1. The Kier molecular flexibility index (Phi) is 6.73. The zero-order valence-corrected chi connectivity index (χ0v) is 17.9. The van der Waals surface area contributed by atoms with Gasteiger partial charge < -0.3 is 14.6 Å². The quantitative estimate of drug-likeness (QED) is 0.568. The Morgan fingerprint density at radius 1 is 1.19 bits per heavy atom. The van der Waals surface area contributed by atoms with E-state index in [0.717, 1.165) is 49.8 Å². The standard InChI is InChI=1S/C25H30FNO4/c1-30-24-12-22(23(26)14-27-24)18-7-5-16(6-8-18)15-31-20-4-2-3-19(11-20)21(13-25(28)29)17-9-10-17/h2-4,11-12,14,16-18,21H,5-10,13,15H2,1H3,(H,28,29)/t16-,18+,21?. The maximum atomic E-state index is 14.2. The van der Waals surface area contributed by atoms with Crippen LogP contribution in [-0.2, 0) is 4.79 Å². The third kappa shape index (κ3) is 5.54. The van der Waals surface area contributed by atoms with Gasteiger partial charge in [0.25, 0.3) is 0 Å². The first-order valence-corrected chi connectivity index (χ1v) is 11.2. The second-order valence-electron chi connectivity index (χ2n) is 8.89. The van der Waals surface area contributed by atoms with Gasteiger partial charge in [0.2, 0.25) is 5.88 Å². The number of ether oxygens (including phenoxy) is 2. The van der Waals surface area contributed by atoms with Crippen molar-refractivity contribution in [3.63, 3.8) is 0 Å². The Labute approximate surface area is 182 Å². The number of benzene rings is 1. The number of aromatic nitrogens is 1. The molecule has 1 N–H and O–H groups in total. The lowest BCUT2D eigenvalue weighted by Gasteiger charge is -2.29. The number of hydrogen-bond donors (Lipinski definition) is 1. The fraction of sp³-hybridized carbons (Fsp3) is 0.520. The van der Waals surface area contributed by atoms with Crippen LogP contribution in [0, 0.1) is 17.7 Å². The van der Waals surface area contributed by atoms with Crippen molar-refractivity contribution in [2.45, 2.75) is 56.8 Å². The van der Waals surface area contributed by atoms with Gasteiger partial charge in [0, 0.05) is 6.07 Å². The molecule has 1 heterocycles. The van der Waals surface area contributed by atoms with Crippen LogP contribution < -0.4 is 9.47 Å². The predicted octanol–water partition coefficient (Wildman–Crippen LogP) is 5.55. The molecule has 2 saturated carbocycles. The van der Waals surface area contributed by atoms with Crippen molar-refractivity contribution in [3.8, 4) is 11.6 Å². The highest BCUT2D eigenvalue weighted by Gasteiger charge is 2.34. The van der Waals surface area contributed by atoms with Crippen molar-refractivity contribution >= 4 is 5.97 Å². The van der Waals surface area contributed by atoms with Gasteiger partial charge in [0.15, 0.2) is 0 Å². The average molecular weight is 428 g/mol. The first-order chi connectivity index (χ1) is 15.0. The minimum atomic E-state index is -0.747. The molecule has 166 valence electrons. The minimum absolute atomic E-state index is 0.0729. The summed E-state index contributed by atoms with van der Waals surface area (Å²) < 4.78 is 25.5. The lowest BCUT2D eigenvalue weighted by molar-refractivity contribution is -0.137. The van der Waals surface area contributed by atoms with Gasteiger partial charge in [-0.1, -0.05) is 12.1 Å². The molecule has 2 aromatic rings. The summed E-state index contributed by atoms with van der Waals surface area (Å²) >= 11 is 0. The maximum Gasteiger partial charge on any atom is 0.303 e. The molecule has 6 heteroatoms. The number of nitrogens with zero attached hydrogens (tertiary/aromatic N) is 1. The Balaban J connectivity index is 1.31. The molecule has 1 unspecified atom stereocenters. The number of aliphatic carboxylic acids is 1. The van der Waals surface area contributed by atoms with Gasteiger partial charge in [0.1, 0.15) is 11.6 Å². The molecule has 0 saturated heterocycles. The van der Waals surface area contributed by atoms with Crippen molar-refractivity contribution in [3.05, 3.63) is 53.5 Å². The van der Waals surface area contributed by atoms with Crippen molar-refractivity contribution in [2.24, 2.45) is 11.8 Å². The van der Waals surface area contributed by atoms with Crippen LogP contribution in [0.1, 0.15) is 67.9 Å². The molecule has 31 heavy (non-hydrogen) atoms. The molecular weight excluding hydrogens is 397 g/mol. The maximum absolute atomic E-state index is 14.2. The van der Waals surface area contributed by atoms with Gasteiger partial charge in [0.05, 0.1) is 26.3 Å². The van der Waals surface area contributed by atoms with Crippen molar-refractivity contribution in [1.82, 2.24) is 4.98 Å². The van der Waals surface area contributed by atoms with E-state index in [9.17, 15) is 14.3 Å². The summed E-state index contributed by atoms with van der Waals surface area (Å²) in [4.78, 5) is 15.2. The number of carboxylic acid groups (broad SMARTS) is 1. The molecule has 2 aliphatic carbocycles. The predicted molar refractivity (Wildman–Crippen MR) is 115 cm³/mol. The van der Waals surface area contributed by atoms with Crippen LogP contribution in [0.15, 0.2) is 36.5 Å². The van der Waals surface area contributed by atoms with Crippen LogP contribution in [0.2, 0.25) is 0 Å². The van der Waals surface area contributed by atoms with Gasteiger partial charge in [-0.05, 0) is 85.5 Å². The number of pyridine rings is 1. The van der Waals surface area contributed by atoms with Gasteiger partial charge in [-0.2, -0.15) is 0 Å². The lowest BCUT2D eigenvalue weighted by atomic mass is 9.79. The van der Waals surface area contributed by atoms with Gasteiger partial charge in [-0.25, -0.2) is 9.37 Å². The molecule has 1 aromatic heterocycles. The fourth-order valence-electron chi connectivity index (χ4n) is 4.79. The Morgan fingerprint density at radius 2 is 1.97 bits per heavy atom. The molecule has 0 bridgehead atoms. The Hall–Kier alpha value is -2.63. The second-order valence-corrected chi connectivity index (χ2v) is 8.89. The van der Waals surface area contributed by atoms with E-state index in [0.29, 0.717) is 29.9 Å². The number of hydrogen-bond acceptors (Lipinski definition) is 4. The fourth-order valence-corrected chi connectivity index (χ4v) is 4.79. The van der Waals surface area contributed by atoms with E-state index in [1.54, 1.807) is 13.2 Å². The molecule has 4 rings (SSSR count). The first-order valence-electron chi connectivity index (χ1n) is 11.2. The normalized spacial score (nSPS) is 22.0. The van der Waals surface area contributed by atoms with E-state index in [1.807, 2.05) is 24.3 Å². The SMILES string of the molecule is COc1cc([C@H]2CC[C@@H](COc3cccc(C(CC(=O)O)C4CC4)c3)CC2)c(F)cn1. The molecule has 2 fully saturated rings. The van der Waals surface area contributed by atoms with Crippen LogP contribution in [0.5, 0.6) is 11.6 Å². The van der Waals surface area contributed by atoms with Crippen LogP contribution in [0.25, 0.3) is 0 Å². The summed E-state index contributed by atoms with van der Waals surface area (Å²) in [5.41, 5.74) is 1.76. The highest BCUT2D eigenvalue weighted by molar-refractivity contribution is 5.68. The summed E-state index contributed by atoms with van der Waals surface area (Å²) in [6.07, 6.45) is 7.44. The summed E-state index contributed by atoms with van der Waals surface area (Å²) in [7, 11) is 1.54. The van der Waals surface area contributed by atoms with Crippen molar-refractivity contribution < 1.29 is 23.8 Å². The zero-order chi connectivity index (χ0) is 21.8. The molecule has 0 aliphatic heterocycles. The van der Waals surface area contributed by atoms with Gasteiger partial charge in [-0.3, -0.25) is 4.79 Å². The van der Waals surface area contributed by atoms with Crippen LogP contribution in [0.4, 0.5) is 4.39 Å². The summed E-state index contributed by atoms with van der Waals surface area (Å²) in [5.74, 6) is 1.43. The molecule has 5 nitrogen and oxygen atoms in total. The monoisotopic (exact) mass is 427 g/mol. The number of carboxylic acids is 1. The zero-order valence-electron chi connectivity index (χ0n) is 17.9. The van der Waals surface area contributed by atoms with E-state index in [-0.39, 0.29) is 24.1 Å². The number of rotatable bonds is 9. The minimum Gasteiger partial charge on any atom is -0.493 e. The molecule has 0 amide bonds. The highest BCUT2D eigenvalue weighted by atomic mass is 19.1. The molecule has 2 aliphatic rings. The molecular formula is C25H30FNO4. The molecule has 0 radical (unpaired) electrons. The molecule has 1 aromatic carbocycles. The largest absolute Gasteiger partial charge is 0.493 e. The summed E-state index contributed by atoms with van der Waals surface area (Å²) in [6, 6.07) is 9.64. The van der Waals surface area contributed by atoms with E-state index in [1.165, 1.54) is 6.20 Å². The summed E-state index contributed by atoms with van der Waals surface area (Å²) in [6.45, 7) is 0.630. The van der Waals surface area contributed by atoms with Crippen LogP contribution in [-0.4, -0.2) is 29.8 Å². The summed E-state index contributed by atoms with van der Waals surface area (Å²) in [5, 5.41) is 9.25. The number of halogens is 1. The smallest absolute Gasteiger partial charge is 0.303 e. The second kappa shape index (κ2) is 9.67. The third-order valence-corrected chi connectivity index (χ3v) is 6.71. The molecule has 0 spiro atoms. The third-order valence-electron chi connectivity index (χ3n) is 6.71. The highest BCUT2D eigenvalue weighted by Crippen LogP contribution is 2.45. The lowest BCUT2D eigenvalue weighted by Crippen LogP contribution is -2.20. The average Bonchev–Trinajstić information content (AvgIpc) is 3.62. The van der Waals surface area contributed by atoms with E-state index in [2.05, 4.69) is 4.98 Å². The van der Waals surface area contributed by atoms with Gasteiger partial charge >= 0.3 is 5.97 Å². The van der Waals surface area contributed by atoms with Crippen LogP contribution in [0.3, 0.4) is 0 Å². The van der Waals surface area contributed by atoms with E-state index < -0.39 is 5.97 Å². The van der Waals surface area contributed by atoms with Crippen molar-refractivity contribution in [1.29, 1.82) is 0 Å². The topological polar surface area (TPSA) is 68.7 Å². The van der Waals surface area contributed by atoms with E-state index >= 15 is 0 Å². The number of methoxy groups -OCH3 is 1.